The van der Waals surface area contributed by atoms with Crippen LogP contribution in [0.15, 0.2) is 46.9 Å². The number of amides is 2. The fourth-order valence-electron chi connectivity index (χ4n) is 2.86. The summed E-state index contributed by atoms with van der Waals surface area (Å²) >= 11 is 2.95. The highest BCUT2D eigenvalue weighted by atomic mass is 79.9. The fourth-order valence-corrected chi connectivity index (χ4v) is 3.18. The van der Waals surface area contributed by atoms with Crippen LogP contribution in [0.2, 0.25) is 0 Å². The maximum atomic E-state index is 14.5. The van der Waals surface area contributed by atoms with Crippen LogP contribution >= 0.6 is 15.9 Å². The molecule has 0 saturated heterocycles. The Morgan fingerprint density at radius 2 is 1.78 bits per heavy atom. The van der Waals surface area contributed by atoms with Crippen molar-refractivity contribution in [2.75, 3.05) is 13.1 Å². The fraction of sp³-hybridized carbons (Fsp3) is 0.391. The van der Waals surface area contributed by atoms with Gasteiger partial charge in [0.05, 0.1) is 10.5 Å². The van der Waals surface area contributed by atoms with Gasteiger partial charge in [0.25, 0.3) is 0 Å². The number of halogens is 3. The lowest BCUT2D eigenvalue weighted by atomic mass is 10.1. The number of carbonyl (C=O) groups excluding carboxylic acids is 2. The first-order valence-electron chi connectivity index (χ1n) is 10.1. The minimum atomic E-state index is -0.860. The molecule has 0 spiro atoms. The Hall–Kier alpha value is -2.68. The Kier molecular flexibility index (Phi) is 9.00. The molecule has 6 nitrogen and oxygen atoms in total. The van der Waals surface area contributed by atoms with Gasteiger partial charge in [0.2, 0.25) is 0 Å². The van der Waals surface area contributed by atoms with E-state index in [0.29, 0.717) is 0 Å². The van der Waals surface area contributed by atoms with Crippen LogP contribution in [0.3, 0.4) is 0 Å². The summed E-state index contributed by atoms with van der Waals surface area (Å²) in [6, 6.07) is 10.2. The van der Waals surface area contributed by atoms with Crippen molar-refractivity contribution in [1.82, 2.24) is 10.2 Å². The number of alkyl carbamates (subject to hydrolysis) is 1. The van der Waals surface area contributed by atoms with E-state index < -0.39 is 35.5 Å². The van der Waals surface area contributed by atoms with Crippen LogP contribution in [0.4, 0.5) is 18.4 Å². The molecule has 9 heteroatoms. The van der Waals surface area contributed by atoms with Crippen LogP contribution in [0.1, 0.15) is 44.9 Å². The molecule has 0 aliphatic carbocycles. The predicted octanol–water partition coefficient (Wildman–Crippen LogP) is 5.95. The minimum absolute atomic E-state index is 0.00877. The van der Waals surface area contributed by atoms with Crippen molar-refractivity contribution in [3.63, 3.8) is 0 Å². The van der Waals surface area contributed by atoms with E-state index in [1.165, 1.54) is 4.90 Å². The van der Waals surface area contributed by atoms with Crippen LogP contribution in [-0.4, -0.2) is 35.8 Å². The van der Waals surface area contributed by atoms with E-state index in [0.717, 1.165) is 17.7 Å². The number of nitrogens with one attached hydrogen (secondary N) is 1. The monoisotopic (exact) mass is 512 g/mol. The van der Waals surface area contributed by atoms with E-state index in [1.807, 2.05) is 18.2 Å². The van der Waals surface area contributed by atoms with Crippen molar-refractivity contribution in [3.8, 4) is 0 Å². The number of benzene rings is 2. The molecule has 1 atom stereocenters. The van der Waals surface area contributed by atoms with Crippen LogP contribution in [0.5, 0.6) is 0 Å². The predicted molar refractivity (Wildman–Crippen MR) is 120 cm³/mol. The average Bonchev–Trinajstić information content (AvgIpc) is 2.71. The van der Waals surface area contributed by atoms with Gasteiger partial charge in [0.1, 0.15) is 23.8 Å². The Labute approximate surface area is 195 Å². The standard InChI is InChI=1S/C23H27BrF2N2O4/c1-15(17-12-20(26)18(24)13-19(17)25)28(11-10-27-21(29)32-23(2,3)4)22(30)31-14-16-8-6-5-7-9-16/h5-9,12-13,15H,10-11,14H2,1-4H3,(H,27,29). The van der Waals surface area contributed by atoms with Crippen molar-refractivity contribution >= 4 is 28.1 Å². The number of ether oxygens (including phenoxy) is 2. The number of rotatable bonds is 7. The van der Waals surface area contributed by atoms with Crippen LogP contribution in [-0.2, 0) is 16.1 Å². The molecule has 0 aliphatic heterocycles. The molecule has 174 valence electrons. The molecule has 0 fully saturated rings. The first-order valence-corrected chi connectivity index (χ1v) is 10.9. The lowest BCUT2D eigenvalue weighted by molar-refractivity contribution is 0.0505. The highest BCUT2D eigenvalue weighted by Gasteiger charge is 2.26. The van der Waals surface area contributed by atoms with E-state index in [2.05, 4.69) is 21.2 Å². The zero-order chi connectivity index (χ0) is 23.9. The second-order valence-corrected chi connectivity index (χ2v) is 8.98. The number of carbonyl (C=O) groups is 2. The van der Waals surface area contributed by atoms with Gasteiger partial charge in [-0.3, -0.25) is 4.90 Å². The molecule has 2 amide bonds. The van der Waals surface area contributed by atoms with Gasteiger partial charge in [-0.05, 0) is 61.3 Å². The van der Waals surface area contributed by atoms with Gasteiger partial charge in [0, 0.05) is 18.7 Å². The van der Waals surface area contributed by atoms with Gasteiger partial charge in [-0.2, -0.15) is 0 Å². The summed E-state index contributed by atoms with van der Waals surface area (Å²) in [5.41, 5.74) is 0.0878. The first kappa shape index (κ1) is 25.6. The van der Waals surface area contributed by atoms with E-state index >= 15 is 0 Å². The topological polar surface area (TPSA) is 67.9 Å². The quantitative estimate of drug-likeness (QED) is 0.465. The van der Waals surface area contributed by atoms with E-state index in [-0.39, 0.29) is 29.7 Å². The van der Waals surface area contributed by atoms with E-state index in [9.17, 15) is 18.4 Å². The second kappa shape index (κ2) is 11.3. The summed E-state index contributed by atoms with van der Waals surface area (Å²) in [6.45, 7) is 6.78. The zero-order valence-electron chi connectivity index (χ0n) is 18.5. The second-order valence-electron chi connectivity index (χ2n) is 8.13. The maximum Gasteiger partial charge on any atom is 0.410 e. The summed E-state index contributed by atoms with van der Waals surface area (Å²) in [6.07, 6.45) is -1.38. The molecule has 0 heterocycles. The third-order valence-corrected chi connectivity index (χ3v) is 5.03. The Balaban J connectivity index is 2.15. The molecular weight excluding hydrogens is 486 g/mol. The lowest BCUT2D eigenvalue weighted by Gasteiger charge is -2.29. The molecule has 1 unspecified atom stereocenters. The summed E-state index contributed by atoms with van der Waals surface area (Å²) in [7, 11) is 0. The van der Waals surface area contributed by atoms with Gasteiger partial charge >= 0.3 is 12.2 Å². The third-order valence-electron chi connectivity index (χ3n) is 4.42. The highest BCUT2D eigenvalue weighted by molar-refractivity contribution is 9.10. The summed E-state index contributed by atoms with van der Waals surface area (Å²) < 4.78 is 39.1. The molecule has 1 N–H and O–H groups in total. The number of hydrogen-bond acceptors (Lipinski definition) is 4. The molecule has 2 aromatic carbocycles. The third kappa shape index (κ3) is 7.78. The van der Waals surface area contributed by atoms with Gasteiger partial charge in [0.15, 0.2) is 0 Å². The molecule has 0 aromatic heterocycles. The molecule has 0 radical (unpaired) electrons. The zero-order valence-corrected chi connectivity index (χ0v) is 20.0. The molecule has 2 aromatic rings. The Morgan fingerprint density at radius 3 is 2.41 bits per heavy atom. The largest absolute Gasteiger partial charge is 0.445 e. The van der Waals surface area contributed by atoms with Crippen LogP contribution in [0, 0.1) is 11.6 Å². The minimum Gasteiger partial charge on any atom is -0.445 e. The first-order chi connectivity index (χ1) is 15.0. The average molecular weight is 513 g/mol. The molecule has 32 heavy (non-hydrogen) atoms. The number of hydrogen-bond donors (Lipinski definition) is 1. The van der Waals surface area contributed by atoms with E-state index in [1.54, 1.807) is 39.8 Å². The van der Waals surface area contributed by atoms with Gasteiger partial charge < -0.3 is 14.8 Å². The molecule has 0 saturated carbocycles. The summed E-state index contributed by atoms with van der Waals surface area (Å²) in [5, 5.41) is 2.55. The molecule has 2 rings (SSSR count). The Morgan fingerprint density at radius 1 is 1.12 bits per heavy atom. The normalized spacial score (nSPS) is 12.1. The molecule has 0 bridgehead atoms. The van der Waals surface area contributed by atoms with Crippen molar-refractivity contribution in [3.05, 3.63) is 69.7 Å². The lowest BCUT2D eigenvalue weighted by Crippen LogP contribution is -2.41. The van der Waals surface area contributed by atoms with Crippen molar-refractivity contribution in [2.45, 2.75) is 45.9 Å². The van der Waals surface area contributed by atoms with E-state index in [4.69, 9.17) is 9.47 Å². The summed E-state index contributed by atoms with van der Waals surface area (Å²) in [5.74, 6) is -1.33. The SMILES string of the molecule is CC(c1cc(F)c(Br)cc1F)N(CCNC(=O)OC(C)(C)C)C(=O)OCc1ccccc1. The molecular formula is C23H27BrF2N2O4. The number of nitrogens with zero attached hydrogens (tertiary/aromatic N) is 1. The summed E-state index contributed by atoms with van der Waals surface area (Å²) in [4.78, 5) is 26.0. The maximum absolute atomic E-state index is 14.5. The van der Waals surface area contributed by atoms with Gasteiger partial charge in [-0.25, -0.2) is 18.4 Å². The van der Waals surface area contributed by atoms with Crippen LogP contribution in [0.25, 0.3) is 0 Å². The van der Waals surface area contributed by atoms with Gasteiger partial charge in [-0.15, -0.1) is 0 Å². The highest BCUT2D eigenvalue weighted by Crippen LogP contribution is 2.28. The van der Waals surface area contributed by atoms with Gasteiger partial charge in [-0.1, -0.05) is 30.3 Å². The van der Waals surface area contributed by atoms with Crippen molar-refractivity contribution in [1.29, 1.82) is 0 Å². The van der Waals surface area contributed by atoms with Crippen LogP contribution < -0.4 is 5.32 Å². The smallest absolute Gasteiger partial charge is 0.410 e. The molecule has 0 aliphatic rings. The van der Waals surface area contributed by atoms with Crippen molar-refractivity contribution in [2.24, 2.45) is 0 Å². The Bertz CT molecular complexity index is 936. The van der Waals surface area contributed by atoms with Crippen molar-refractivity contribution < 1.29 is 27.8 Å².